The van der Waals surface area contributed by atoms with Gasteiger partial charge in [-0.25, -0.2) is 13.1 Å². The summed E-state index contributed by atoms with van der Waals surface area (Å²) in [5.41, 5.74) is 1.78. The molecule has 0 aliphatic carbocycles. The molecule has 1 heterocycles. The van der Waals surface area contributed by atoms with Crippen molar-refractivity contribution in [3.05, 3.63) is 36.0 Å². The van der Waals surface area contributed by atoms with Gasteiger partial charge in [-0.2, -0.15) is 0 Å². The number of hydrogen-bond acceptors (Lipinski definition) is 5. The summed E-state index contributed by atoms with van der Waals surface area (Å²) in [5.74, 6) is -0.213. The normalized spacial score (nSPS) is 11.1. The third-order valence-corrected chi connectivity index (χ3v) is 3.05. The predicted octanol–water partition coefficient (Wildman–Crippen LogP) is 0.597. The Morgan fingerprint density at radius 1 is 1.29 bits per heavy atom. The monoisotopic (exact) mass is 309 g/mol. The molecule has 0 radical (unpaired) electrons. The van der Waals surface area contributed by atoms with Crippen molar-refractivity contribution in [2.45, 2.75) is 13.5 Å². The van der Waals surface area contributed by atoms with E-state index in [9.17, 15) is 13.2 Å². The Kier molecular flexibility index (Phi) is 4.22. The van der Waals surface area contributed by atoms with Gasteiger partial charge in [0.15, 0.2) is 5.82 Å². The number of rotatable bonds is 5. The highest BCUT2D eigenvalue weighted by Crippen LogP contribution is 2.09. The molecule has 0 aliphatic rings. The fourth-order valence-electron chi connectivity index (χ4n) is 1.60. The number of sulfonamides is 1. The lowest BCUT2D eigenvalue weighted by molar-refractivity contribution is -0.116. The minimum atomic E-state index is -3.41. The standard InChI is InChI=1S/C12H15N5O3S/c1-9-3-5-10(6-4-9)13-12(18)8-17-7-11(14-16-17)15-21(2,19)20/h3-7,15H,8H2,1-2H3,(H,13,18). The third kappa shape index (κ3) is 4.88. The van der Waals surface area contributed by atoms with Gasteiger partial charge in [0.2, 0.25) is 15.9 Å². The summed E-state index contributed by atoms with van der Waals surface area (Å²) in [6.45, 7) is 1.89. The van der Waals surface area contributed by atoms with Gasteiger partial charge in [-0.15, -0.1) is 5.10 Å². The number of benzene rings is 1. The second kappa shape index (κ2) is 5.92. The number of carbonyl (C=O) groups excluding carboxylic acids is 1. The second-order valence-electron chi connectivity index (χ2n) is 4.59. The summed E-state index contributed by atoms with van der Waals surface area (Å²) >= 11 is 0. The number of aryl methyl sites for hydroxylation is 1. The number of nitrogens with zero attached hydrogens (tertiary/aromatic N) is 3. The van der Waals surface area contributed by atoms with Crippen molar-refractivity contribution in [2.24, 2.45) is 0 Å². The van der Waals surface area contributed by atoms with Crippen molar-refractivity contribution in [3.8, 4) is 0 Å². The molecule has 2 N–H and O–H groups in total. The molecule has 8 nitrogen and oxygen atoms in total. The van der Waals surface area contributed by atoms with E-state index < -0.39 is 10.0 Å². The molecule has 0 spiro atoms. The lowest BCUT2D eigenvalue weighted by Crippen LogP contribution is -2.19. The maximum Gasteiger partial charge on any atom is 0.246 e. The van der Waals surface area contributed by atoms with Crippen molar-refractivity contribution in [1.29, 1.82) is 0 Å². The first-order valence-electron chi connectivity index (χ1n) is 6.06. The number of anilines is 2. The molecule has 0 saturated heterocycles. The molecule has 112 valence electrons. The SMILES string of the molecule is Cc1ccc(NC(=O)Cn2cc(NS(C)(=O)=O)nn2)cc1. The number of aromatic nitrogens is 3. The molecule has 0 aliphatic heterocycles. The average Bonchev–Trinajstić information content (AvgIpc) is 2.77. The van der Waals surface area contributed by atoms with Crippen molar-refractivity contribution < 1.29 is 13.2 Å². The quantitative estimate of drug-likeness (QED) is 0.841. The third-order valence-electron chi connectivity index (χ3n) is 2.47. The Balaban J connectivity index is 1.95. The first-order valence-corrected chi connectivity index (χ1v) is 7.95. The lowest BCUT2D eigenvalue weighted by Gasteiger charge is -2.05. The van der Waals surface area contributed by atoms with Crippen LogP contribution in [0.5, 0.6) is 0 Å². The van der Waals surface area contributed by atoms with Crippen molar-refractivity contribution >= 4 is 27.4 Å². The molecular formula is C12H15N5O3S. The highest BCUT2D eigenvalue weighted by atomic mass is 32.2. The van der Waals surface area contributed by atoms with E-state index in [0.29, 0.717) is 5.69 Å². The molecular weight excluding hydrogens is 294 g/mol. The number of carbonyl (C=O) groups is 1. The van der Waals surface area contributed by atoms with E-state index in [-0.39, 0.29) is 18.3 Å². The van der Waals surface area contributed by atoms with E-state index in [1.54, 1.807) is 12.1 Å². The Bertz CT molecular complexity index is 737. The van der Waals surface area contributed by atoms with Crippen LogP contribution in [0.25, 0.3) is 0 Å². The van der Waals surface area contributed by atoms with E-state index >= 15 is 0 Å². The average molecular weight is 309 g/mol. The summed E-state index contributed by atoms with van der Waals surface area (Å²) < 4.78 is 25.5. The molecule has 0 unspecified atom stereocenters. The molecule has 1 aromatic heterocycles. The van der Waals surface area contributed by atoms with Gasteiger partial charge in [0.1, 0.15) is 6.54 Å². The minimum Gasteiger partial charge on any atom is -0.324 e. The van der Waals surface area contributed by atoms with Crippen LogP contribution in [0.1, 0.15) is 5.56 Å². The number of hydrogen-bond donors (Lipinski definition) is 2. The molecule has 2 aromatic rings. The molecule has 2 rings (SSSR count). The molecule has 1 aromatic carbocycles. The largest absolute Gasteiger partial charge is 0.324 e. The molecule has 0 bridgehead atoms. The van der Waals surface area contributed by atoms with Crippen LogP contribution in [0.15, 0.2) is 30.5 Å². The first kappa shape index (κ1) is 15.0. The zero-order valence-electron chi connectivity index (χ0n) is 11.6. The lowest BCUT2D eigenvalue weighted by atomic mass is 10.2. The van der Waals surface area contributed by atoms with Crippen LogP contribution in [0.2, 0.25) is 0 Å². The van der Waals surface area contributed by atoms with Crippen molar-refractivity contribution in [2.75, 3.05) is 16.3 Å². The highest BCUT2D eigenvalue weighted by Gasteiger charge is 2.09. The van der Waals surface area contributed by atoms with E-state index in [4.69, 9.17) is 0 Å². The van der Waals surface area contributed by atoms with Crippen LogP contribution >= 0.6 is 0 Å². The van der Waals surface area contributed by atoms with Gasteiger partial charge in [-0.3, -0.25) is 9.52 Å². The van der Waals surface area contributed by atoms with Crippen LogP contribution < -0.4 is 10.0 Å². The smallest absolute Gasteiger partial charge is 0.246 e. The van der Waals surface area contributed by atoms with Crippen molar-refractivity contribution in [1.82, 2.24) is 15.0 Å². The molecule has 9 heteroatoms. The summed E-state index contributed by atoms with van der Waals surface area (Å²) in [7, 11) is -3.41. The van der Waals surface area contributed by atoms with Gasteiger partial charge in [-0.1, -0.05) is 22.9 Å². The molecule has 1 amide bonds. The minimum absolute atomic E-state index is 0.0632. The highest BCUT2D eigenvalue weighted by molar-refractivity contribution is 7.92. The number of amides is 1. The Morgan fingerprint density at radius 3 is 2.57 bits per heavy atom. The molecule has 0 atom stereocenters. The van der Waals surface area contributed by atoms with Crippen LogP contribution in [-0.4, -0.2) is 35.6 Å². The Hall–Kier alpha value is -2.42. The number of nitrogens with one attached hydrogen (secondary N) is 2. The fraction of sp³-hybridized carbons (Fsp3) is 0.250. The van der Waals surface area contributed by atoms with Crippen LogP contribution in [0, 0.1) is 6.92 Å². The van der Waals surface area contributed by atoms with Crippen LogP contribution in [0.4, 0.5) is 11.5 Å². The van der Waals surface area contributed by atoms with Gasteiger partial charge in [0.25, 0.3) is 0 Å². The van der Waals surface area contributed by atoms with Crippen LogP contribution in [0.3, 0.4) is 0 Å². The van der Waals surface area contributed by atoms with E-state index in [0.717, 1.165) is 11.8 Å². The van der Waals surface area contributed by atoms with Crippen molar-refractivity contribution in [3.63, 3.8) is 0 Å². The molecule has 21 heavy (non-hydrogen) atoms. The zero-order chi connectivity index (χ0) is 15.5. The summed E-state index contributed by atoms with van der Waals surface area (Å²) in [6, 6.07) is 7.37. The predicted molar refractivity (Wildman–Crippen MR) is 78.3 cm³/mol. The fourth-order valence-corrected chi connectivity index (χ4v) is 2.07. The van der Waals surface area contributed by atoms with E-state index in [1.807, 2.05) is 19.1 Å². The van der Waals surface area contributed by atoms with Gasteiger partial charge >= 0.3 is 0 Å². The zero-order valence-corrected chi connectivity index (χ0v) is 12.4. The summed E-state index contributed by atoms with van der Waals surface area (Å²) in [4.78, 5) is 11.8. The Labute approximate surface area is 122 Å². The van der Waals surface area contributed by atoms with E-state index in [2.05, 4.69) is 20.4 Å². The summed E-state index contributed by atoms with van der Waals surface area (Å²) in [5, 5.41) is 10.00. The van der Waals surface area contributed by atoms with Gasteiger partial charge in [0, 0.05) is 5.69 Å². The maximum absolute atomic E-state index is 11.8. The van der Waals surface area contributed by atoms with Gasteiger partial charge in [0.05, 0.1) is 12.5 Å². The van der Waals surface area contributed by atoms with Gasteiger partial charge < -0.3 is 5.32 Å². The topological polar surface area (TPSA) is 106 Å². The summed E-state index contributed by atoms with van der Waals surface area (Å²) in [6.07, 6.45) is 2.35. The maximum atomic E-state index is 11.8. The van der Waals surface area contributed by atoms with E-state index in [1.165, 1.54) is 10.9 Å². The Morgan fingerprint density at radius 2 is 1.95 bits per heavy atom. The first-order chi connectivity index (χ1) is 9.82. The molecule has 0 saturated carbocycles. The van der Waals surface area contributed by atoms with Crippen LogP contribution in [-0.2, 0) is 21.4 Å². The molecule has 0 fully saturated rings. The second-order valence-corrected chi connectivity index (χ2v) is 6.34. The van der Waals surface area contributed by atoms with Gasteiger partial charge in [-0.05, 0) is 19.1 Å².